The van der Waals surface area contributed by atoms with Gasteiger partial charge in [0, 0.05) is 17.0 Å². The maximum absolute atomic E-state index is 12.7. The van der Waals surface area contributed by atoms with Crippen LogP contribution in [0.25, 0.3) is 0 Å². The number of anilines is 1. The molecular formula is C15H12ClN3O4S. The number of carbonyl (C=O) groups excluding carboxylic acids is 1. The summed E-state index contributed by atoms with van der Waals surface area (Å²) in [7, 11) is -3.93. The van der Waals surface area contributed by atoms with Crippen LogP contribution in [0.15, 0.2) is 29.3 Å². The molecule has 2 aliphatic heterocycles. The second-order valence-corrected chi connectivity index (χ2v) is 7.58. The van der Waals surface area contributed by atoms with Crippen molar-refractivity contribution in [3.63, 3.8) is 0 Å². The van der Waals surface area contributed by atoms with Crippen molar-refractivity contribution in [1.82, 2.24) is 10.3 Å². The van der Waals surface area contributed by atoms with Crippen molar-refractivity contribution in [3.8, 4) is 5.75 Å². The van der Waals surface area contributed by atoms with Crippen molar-refractivity contribution in [2.75, 3.05) is 11.3 Å². The maximum Gasteiger partial charge on any atom is 0.265 e. The number of ether oxygens (including phenoxy) is 1. The van der Waals surface area contributed by atoms with Gasteiger partial charge in [0.1, 0.15) is 10.6 Å². The highest BCUT2D eigenvalue weighted by atomic mass is 35.5. The number of pyridine rings is 1. The van der Waals surface area contributed by atoms with Crippen molar-refractivity contribution < 1.29 is 17.9 Å². The van der Waals surface area contributed by atoms with Gasteiger partial charge in [-0.2, -0.15) is 0 Å². The number of carbonyl (C=O) groups is 1. The number of benzene rings is 1. The Morgan fingerprint density at radius 3 is 2.96 bits per heavy atom. The lowest BCUT2D eigenvalue weighted by Gasteiger charge is -2.12. The molecule has 0 atom stereocenters. The van der Waals surface area contributed by atoms with E-state index in [1.807, 2.05) is 0 Å². The summed E-state index contributed by atoms with van der Waals surface area (Å²) < 4.78 is 33.3. The van der Waals surface area contributed by atoms with Crippen molar-refractivity contribution in [1.29, 1.82) is 0 Å². The van der Waals surface area contributed by atoms with Gasteiger partial charge < -0.3 is 10.1 Å². The zero-order valence-corrected chi connectivity index (χ0v) is 13.9. The van der Waals surface area contributed by atoms with E-state index in [9.17, 15) is 13.2 Å². The summed E-state index contributed by atoms with van der Waals surface area (Å²) in [6.07, 6.45) is 1.99. The number of hydrogen-bond acceptors (Lipinski definition) is 5. The van der Waals surface area contributed by atoms with Crippen LogP contribution in [0.3, 0.4) is 0 Å². The van der Waals surface area contributed by atoms with E-state index in [1.54, 1.807) is 6.07 Å². The van der Waals surface area contributed by atoms with E-state index in [4.69, 9.17) is 16.3 Å². The van der Waals surface area contributed by atoms with Gasteiger partial charge in [0.05, 0.1) is 36.3 Å². The van der Waals surface area contributed by atoms with E-state index >= 15 is 0 Å². The molecule has 0 saturated carbocycles. The van der Waals surface area contributed by atoms with Crippen LogP contribution in [0, 0.1) is 0 Å². The van der Waals surface area contributed by atoms with E-state index < -0.39 is 10.0 Å². The predicted octanol–water partition coefficient (Wildman–Crippen LogP) is 1.71. The normalized spacial score (nSPS) is 15.5. The topological polar surface area (TPSA) is 97.4 Å². The Kier molecular flexibility index (Phi) is 3.40. The molecule has 2 N–H and O–H groups in total. The average Bonchev–Trinajstić information content (AvgIpc) is 3.13. The van der Waals surface area contributed by atoms with Gasteiger partial charge in [-0.05, 0) is 18.2 Å². The molecule has 124 valence electrons. The lowest BCUT2D eigenvalue weighted by molar-refractivity contribution is 0.0965. The van der Waals surface area contributed by atoms with E-state index in [-0.39, 0.29) is 16.5 Å². The second-order valence-electron chi connectivity index (χ2n) is 5.50. The highest BCUT2D eigenvalue weighted by Crippen LogP contribution is 2.36. The first-order valence-corrected chi connectivity index (χ1v) is 9.05. The Bertz CT molecular complexity index is 975. The highest BCUT2D eigenvalue weighted by molar-refractivity contribution is 7.92. The number of sulfonamides is 1. The van der Waals surface area contributed by atoms with Gasteiger partial charge >= 0.3 is 0 Å². The number of fused-ring (bicyclic) bond motifs is 2. The third-order valence-corrected chi connectivity index (χ3v) is 5.49. The lowest BCUT2D eigenvalue weighted by atomic mass is 10.2. The smallest absolute Gasteiger partial charge is 0.265 e. The predicted molar refractivity (Wildman–Crippen MR) is 86.9 cm³/mol. The van der Waals surface area contributed by atoms with Crippen LogP contribution < -0.4 is 14.8 Å². The van der Waals surface area contributed by atoms with Gasteiger partial charge in [-0.3, -0.25) is 14.5 Å². The molecule has 0 unspecified atom stereocenters. The first kappa shape index (κ1) is 15.2. The van der Waals surface area contributed by atoms with Crippen molar-refractivity contribution >= 4 is 33.2 Å². The molecule has 0 spiro atoms. The summed E-state index contributed by atoms with van der Waals surface area (Å²) in [4.78, 5) is 15.8. The summed E-state index contributed by atoms with van der Waals surface area (Å²) >= 11 is 6.02. The molecule has 9 heteroatoms. The SMILES string of the molecule is O=C1NCc2ncc(NS(=O)(=O)c3cc(Cl)cc4c3OCC4)cc21. The number of nitrogens with one attached hydrogen (secondary N) is 2. The fourth-order valence-corrected chi connectivity index (χ4v) is 4.34. The molecule has 1 aromatic carbocycles. The maximum atomic E-state index is 12.7. The number of rotatable bonds is 3. The number of amides is 1. The van der Waals surface area contributed by atoms with Gasteiger partial charge in [0.25, 0.3) is 15.9 Å². The highest BCUT2D eigenvalue weighted by Gasteiger charge is 2.27. The van der Waals surface area contributed by atoms with E-state index in [1.165, 1.54) is 18.3 Å². The Balaban J connectivity index is 1.73. The van der Waals surface area contributed by atoms with Gasteiger partial charge in [0.2, 0.25) is 0 Å². The van der Waals surface area contributed by atoms with E-state index in [0.717, 1.165) is 5.56 Å². The number of halogens is 1. The minimum atomic E-state index is -3.93. The van der Waals surface area contributed by atoms with Crippen LogP contribution in [0.5, 0.6) is 5.75 Å². The van der Waals surface area contributed by atoms with Crippen LogP contribution in [0.4, 0.5) is 5.69 Å². The quantitative estimate of drug-likeness (QED) is 0.863. The standard InChI is InChI=1S/C15H12ClN3O4S/c16-9-3-8-1-2-23-14(8)13(4-9)24(21,22)19-10-5-11-12(17-6-10)7-18-15(11)20/h3-6,19H,1-2,7H2,(H,18,20). The molecule has 0 aliphatic carbocycles. The number of aromatic nitrogens is 1. The monoisotopic (exact) mass is 365 g/mol. The van der Waals surface area contributed by atoms with Crippen molar-refractivity contribution in [3.05, 3.63) is 46.2 Å². The Morgan fingerprint density at radius 1 is 1.29 bits per heavy atom. The van der Waals surface area contributed by atoms with Gasteiger partial charge in [-0.15, -0.1) is 0 Å². The summed E-state index contributed by atoms with van der Waals surface area (Å²) in [5.41, 5.74) is 1.92. The number of nitrogens with zero attached hydrogens (tertiary/aromatic N) is 1. The molecule has 2 aliphatic rings. The summed E-state index contributed by atoms with van der Waals surface area (Å²) in [6, 6.07) is 4.51. The van der Waals surface area contributed by atoms with Crippen LogP contribution in [-0.4, -0.2) is 25.9 Å². The van der Waals surface area contributed by atoms with Crippen LogP contribution in [-0.2, 0) is 23.0 Å². The minimum absolute atomic E-state index is 0.0209. The molecule has 7 nitrogen and oxygen atoms in total. The summed E-state index contributed by atoms with van der Waals surface area (Å²) in [6.45, 7) is 0.760. The molecular weight excluding hydrogens is 354 g/mol. The molecule has 1 amide bonds. The van der Waals surface area contributed by atoms with Gasteiger partial charge in [-0.25, -0.2) is 8.42 Å². The summed E-state index contributed by atoms with van der Waals surface area (Å²) in [5, 5.41) is 2.96. The molecule has 2 aromatic rings. The third kappa shape index (κ3) is 2.47. The minimum Gasteiger partial charge on any atom is -0.492 e. The fourth-order valence-electron chi connectivity index (χ4n) is 2.79. The first-order valence-electron chi connectivity index (χ1n) is 7.19. The lowest BCUT2D eigenvalue weighted by Crippen LogP contribution is -2.15. The molecule has 3 heterocycles. The summed E-state index contributed by atoms with van der Waals surface area (Å²) in [5.74, 6) is 0.0456. The Hall–Kier alpha value is -2.32. The number of hydrogen-bond donors (Lipinski definition) is 2. The van der Waals surface area contributed by atoms with Crippen molar-refractivity contribution in [2.24, 2.45) is 0 Å². The van der Waals surface area contributed by atoms with Gasteiger partial charge in [0.15, 0.2) is 0 Å². The third-order valence-electron chi connectivity index (χ3n) is 3.89. The molecule has 0 saturated heterocycles. The van der Waals surface area contributed by atoms with Crippen molar-refractivity contribution in [2.45, 2.75) is 17.9 Å². The Morgan fingerprint density at radius 2 is 2.12 bits per heavy atom. The Labute approximate surface area is 143 Å². The second kappa shape index (κ2) is 5.35. The van der Waals surface area contributed by atoms with Gasteiger partial charge in [-0.1, -0.05) is 11.6 Å². The van der Waals surface area contributed by atoms with Crippen LogP contribution in [0.2, 0.25) is 5.02 Å². The van der Waals surface area contributed by atoms with E-state index in [2.05, 4.69) is 15.0 Å². The van der Waals surface area contributed by atoms with Crippen LogP contribution in [0.1, 0.15) is 21.6 Å². The molecule has 0 fully saturated rings. The molecule has 1 aromatic heterocycles. The first-order chi connectivity index (χ1) is 11.4. The van der Waals surface area contributed by atoms with Crippen LogP contribution >= 0.6 is 11.6 Å². The fraction of sp³-hybridized carbons (Fsp3) is 0.200. The largest absolute Gasteiger partial charge is 0.492 e. The zero-order chi connectivity index (χ0) is 16.9. The van der Waals surface area contributed by atoms with E-state index in [0.29, 0.717) is 41.6 Å². The molecule has 24 heavy (non-hydrogen) atoms. The average molecular weight is 366 g/mol. The molecule has 0 bridgehead atoms. The zero-order valence-electron chi connectivity index (χ0n) is 12.3. The molecule has 4 rings (SSSR count). The molecule has 0 radical (unpaired) electrons.